The van der Waals surface area contributed by atoms with Crippen LogP contribution in [0.15, 0.2) is 48.5 Å². The monoisotopic (exact) mass is 332 g/mol. The zero-order valence-electron chi connectivity index (χ0n) is 11.2. The van der Waals surface area contributed by atoms with Crippen LogP contribution < -0.4 is 0 Å². The predicted molar refractivity (Wildman–Crippen MR) is 84.8 cm³/mol. The third-order valence-corrected chi connectivity index (χ3v) is 4.43. The van der Waals surface area contributed by atoms with Crippen molar-refractivity contribution in [3.05, 3.63) is 48.5 Å². The Labute approximate surface area is 135 Å². The average molecular weight is 333 g/mol. The molecule has 2 aromatic heterocycles. The standard InChI is InChI=1S/C14H10Cl2N6/c15-13(21-11-7-3-1-5-9(11)17-19-21)14(16)22-12-8-4-2-6-10(12)18-20-22/h1-8,13-14H/t13-,14-/m1/s1. The van der Waals surface area contributed by atoms with Crippen LogP contribution in [-0.4, -0.2) is 30.0 Å². The Morgan fingerprint density at radius 3 is 1.55 bits per heavy atom. The second-order valence-corrected chi connectivity index (χ2v) is 5.69. The summed E-state index contributed by atoms with van der Waals surface area (Å²) < 4.78 is 3.18. The fraction of sp³-hybridized carbons (Fsp3) is 0.143. The lowest BCUT2D eigenvalue weighted by molar-refractivity contribution is 0.461. The van der Waals surface area contributed by atoms with Crippen molar-refractivity contribution in [3.63, 3.8) is 0 Å². The van der Waals surface area contributed by atoms with Gasteiger partial charge in [-0.2, -0.15) is 0 Å². The number of benzene rings is 2. The van der Waals surface area contributed by atoms with Gasteiger partial charge < -0.3 is 0 Å². The SMILES string of the molecule is Cl[C@@H]([C@H](Cl)n1nnc2ccccc21)n1nnc2ccccc21. The quantitative estimate of drug-likeness (QED) is 0.540. The molecule has 0 fully saturated rings. The van der Waals surface area contributed by atoms with E-state index in [0.29, 0.717) is 0 Å². The summed E-state index contributed by atoms with van der Waals surface area (Å²) in [6, 6.07) is 15.1. The number of hydrogen-bond donors (Lipinski definition) is 0. The van der Waals surface area contributed by atoms with Crippen molar-refractivity contribution in [3.8, 4) is 0 Å². The van der Waals surface area contributed by atoms with Gasteiger partial charge >= 0.3 is 0 Å². The highest BCUT2D eigenvalue weighted by molar-refractivity contribution is 6.27. The molecule has 0 aliphatic carbocycles. The second kappa shape index (κ2) is 5.23. The molecule has 0 spiro atoms. The van der Waals surface area contributed by atoms with Crippen LogP contribution in [0, 0.1) is 0 Å². The molecule has 0 N–H and O–H groups in total. The number of fused-ring (bicyclic) bond motifs is 2. The summed E-state index contributed by atoms with van der Waals surface area (Å²) >= 11 is 13.0. The number of para-hydroxylation sites is 2. The van der Waals surface area contributed by atoms with Crippen LogP contribution in [0.2, 0.25) is 0 Å². The molecule has 8 heteroatoms. The first-order valence-electron chi connectivity index (χ1n) is 6.64. The van der Waals surface area contributed by atoms with Gasteiger partial charge in [0.15, 0.2) is 11.0 Å². The number of hydrogen-bond acceptors (Lipinski definition) is 4. The fourth-order valence-corrected chi connectivity index (χ4v) is 2.87. The van der Waals surface area contributed by atoms with Gasteiger partial charge in [0.2, 0.25) is 0 Å². The highest BCUT2D eigenvalue weighted by Gasteiger charge is 2.25. The largest absolute Gasteiger partial charge is 0.223 e. The van der Waals surface area contributed by atoms with E-state index < -0.39 is 11.0 Å². The number of alkyl halides is 2. The molecule has 2 aromatic carbocycles. The van der Waals surface area contributed by atoms with E-state index >= 15 is 0 Å². The van der Waals surface area contributed by atoms with Crippen LogP contribution in [0.4, 0.5) is 0 Å². The van der Waals surface area contributed by atoms with Crippen molar-refractivity contribution in [1.29, 1.82) is 0 Å². The Kier molecular flexibility index (Phi) is 3.20. The Morgan fingerprint density at radius 2 is 1.09 bits per heavy atom. The number of halogens is 2. The molecule has 0 saturated heterocycles. The molecule has 22 heavy (non-hydrogen) atoms. The van der Waals surface area contributed by atoms with E-state index in [4.69, 9.17) is 23.2 Å². The van der Waals surface area contributed by atoms with Crippen LogP contribution in [0.25, 0.3) is 22.1 Å². The highest BCUT2D eigenvalue weighted by atomic mass is 35.5. The topological polar surface area (TPSA) is 61.4 Å². The minimum atomic E-state index is -0.654. The molecule has 4 rings (SSSR count). The Hall–Kier alpha value is -2.18. The van der Waals surface area contributed by atoms with Gasteiger partial charge in [0.25, 0.3) is 0 Å². The zero-order valence-corrected chi connectivity index (χ0v) is 12.7. The van der Waals surface area contributed by atoms with Crippen LogP contribution in [-0.2, 0) is 0 Å². The first-order chi connectivity index (χ1) is 10.8. The van der Waals surface area contributed by atoms with E-state index in [1.807, 2.05) is 48.5 Å². The predicted octanol–water partition coefficient (Wildman–Crippen LogP) is 3.35. The highest BCUT2D eigenvalue weighted by Crippen LogP contribution is 2.33. The molecule has 0 radical (unpaired) electrons. The molecule has 110 valence electrons. The Morgan fingerprint density at radius 1 is 0.682 bits per heavy atom. The Bertz CT molecular complexity index is 868. The summed E-state index contributed by atoms with van der Waals surface area (Å²) in [5, 5.41) is 16.4. The van der Waals surface area contributed by atoms with Crippen LogP contribution >= 0.6 is 23.2 Å². The first kappa shape index (κ1) is 13.5. The number of rotatable bonds is 3. The molecule has 0 amide bonds. The summed E-state index contributed by atoms with van der Waals surface area (Å²) in [4.78, 5) is 0. The third-order valence-electron chi connectivity index (χ3n) is 3.45. The smallest absolute Gasteiger partial charge is 0.164 e. The van der Waals surface area contributed by atoms with E-state index in [1.54, 1.807) is 9.36 Å². The first-order valence-corrected chi connectivity index (χ1v) is 7.51. The molecule has 0 saturated carbocycles. The average Bonchev–Trinajstić information content (AvgIpc) is 3.17. The van der Waals surface area contributed by atoms with Gasteiger partial charge in [-0.3, -0.25) is 0 Å². The lowest BCUT2D eigenvalue weighted by Crippen LogP contribution is -2.17. The fourth-order valence-electron chi connectivity index (χ4n) is 2.37. The second-order valence-electron chi connectivity index (χ2n) is 4.79. The van der Waals surface area contributed by atoms with E-state index in [0.717, 1.165) is 22.1 Å². The molecule has 0 unspecified atom stereocenters. The molecule has 0 aliphatic heterocycles. The van der Waals surface area contributed by atoms with Gasteiger partial charge in [-0.25, -0.2) is 9.36 Å². The number of aromatic nitrogens is 6. The van der Waals surface area contributed by atoms with E-state index in [9.17, 15) is 0 Å². The van der Waals surface area contributed by atoms with Gasteiger partial charge in [-0.15, -0.1) is 10.2 Å². The van der Waals surface area contributed by atoms with Gasteiger partial charge in [0.05, 0.1) is 11.0 Å². The normalized spacial score (nSPS) is 14.5. The maximum Gasteiger partial charge on any atom is 0.164 e. The Balaban J connectivity index is 1.77. The summed E-state index contributed by atoms with van der Waals surface area (Å²) in [7, 11) is 0. The molecule has 4 aromatic rings. The molecule has 6 nitrogen and oxygen atoms in total. The van der Waals surface area contributed by atoms with Crippen molar-refractivity contribution in [2.75, 3.05) is 0 Å². The van der Waals surface area contributed by atoms with Gasteiger partial charge in [0.1, 0.15) is 11.0 Å². The lowest BCUT2D eigenvalue weighted by Gasteiger charge is -2.17. The van der Waals surface area contributed by atoms with Crippen LogP contribution in [0.3, 0.4) is 0 Å². The van der Waals surface area contributed by atoms with Crippen LogP contribution in [0.5, 0.6) is 0 Å². The molecule has 0 aliphatic rings. The van der Waals surface area contributed by atoms with Crippen LogP contribution in [0.1, 0.15) is 11.0 Å². The van der Waals surface area contributed by atoms with Gasteiger partial charge in [0, 0.05) is 0 Å². The maximum atomic E-state index is 6.51. The third kappa shape index (κ3) is 2.03. The minimum absolute atomic E-state index is 0.654. The van der Waals surface area contributed by atoms with Gasteiger partial charge in [-0.1, -0.05) is 57.9 Å². The summed E-state index contributed by atoms with van der Waals surface area (Å²) in [6.45, 7) is 0. The lowest BCUT2D eigenvalue weighted by atomic mass is 10.3. The van der Waals surface area contributed by atoms with Crippen molar-refractivity contribution < 1.29 is 0 Å². The van der Waals surface area contributed by atoms with E-state index in [2.05, 4.69) is 20.6 Å². The summed E-state index contributed by atoms with van der Waals surface area (Å²) in [5.74, 6) is 0. The minimum Gasteiger partial charge on any atom is -0.223 e. The van der Waals surface area contributed by atoms with E-state index in [1.165, 1.54) is 0 Å². The molecule has 2 atom stereocenters. The zero-order chi connectivity index (χ0) is 15.1. The summed E-state index contributed by atoms with van der Waals surface area (Å²) in [6.07, 6.45) is 0. The van der Waals surface area contributed by atoms with Crippen molar-refractivity contribution >= 4 is 45.3 Å². The van der Waals surface area contributed by atoms with Crippen molar-refractivity contribution in [2.45, 2.75) is 11.0 Å². The van der Waals surface area contributed by atoms with Crippen molar-refractivity contribution in [2.24, 2.45) is 0 Å². The maximum absolute atomic E-state index is 6.51. The van der Waals surface area contributed by atoms with Crippen molar-refractivity contribution in [1.82, 2.24) is 30.0 Å². The molecular weight excluding hydrogens is 323 g/mol. The summed E-state index contributed by atoms with van der Waals surface area (Å²) in [5.41, 5.74) is 1.86. The molecular formula is C14H10Cl2N6. The van der Waals surface area contributed by atoms with E-state index in [-0.39, 0.29) is 0 Å². The molecule has 2 heterocycles. The van der Waals surface area contributed by atoms with Gasteiger partial charge in [-0.05, 0) is 24.3 Å². The number of nitrogens with zero attached hydrogens (tertiary/aromatic N) is 6. The molecule has 0 bridgehead atoms.